The van der Waals surface area contributed by atoms with Crippen LogP contribution in [-0.4, -0.2) is 38.6 Å². The lowest BCUT2D eigenvalue weighted by Crippen LogP contribution is -2.42. The fourth-order valence-corrected chi connectivity index (χ4v) is 5.99. The molecular formula is C24H28F3N5O2S. The Balaban J connectivity index is 1.28. The van der Waals surface area contributed by atoms with Crippen molar-refractivity contribution in [3.8, 4) is 17.5 Å². The lowest BCUT2D eigenvalue weighted by molar-refractivity contribution is -0.274. The van der Waals surface area contributed by atoms with Crippen LogP contribution in [0.2, 0.25) is 0 Å². The molecule has 7 nitrogen and oxygen atoms in total. The van der Waals surface area contributed by atoms with Crippen LogP contribution in [0.15, 0.2) is 30.3 Å². The molecule has 35 heavy (non-hydrogen) atoms. The van der Waals surface area contributed by atoms with Crippen LogP contribution in [0.1, 0.15) is 44.2 Å². The summed E-state index contributed by atoms with van der Waals surface area (Å²) >= 11 is 1.57. The Morgan fingerprint density at radius 3 is 2.31 bits per heavy atom. The highest BCUT2D eigenvalue weighted by molar-refractivity contribution is 7.10. The van der Waals surface area contributed by atoms with Crippen LogP contribution >= 0.6 is 11.5 Å². The van der Waals surface area contributed by atoms with E-state index in [2.05, 4.69) is 25.1 Å². The maximum atomic E-state index is 12.4. The summed E-state index contributed by atoms with van der Waals surface area (Å²) in [6.45, 7) is 8.07. The Labute approximate surface area is 206 Å². The van der Waals surface area contributed by atoms with E-state index in [-0.39, 0.29) is 11.8 Å². The smallest absolute Gasteiger partial charge is 0.424 e. The summed E-state index contributed by atoms with van der Waals surface area (Å²) in [5, 5.41) is 5.98. The Kier molecular flexibility index (Phi) is 6.37. The second-order valence-corrected chi connectivity index (χ2v) is 10.4. The predicted molar refractivity (Wildman–Crippen MR) is 126 cm³/mol. The van der Waals surface area contributed by atoms with Crippen LogP contribution < -0.4 is 14.4 Å². The summed E-state index contributed by atoms with van der Waals surface area (Å²) in [6.07, 6.45) is -1.52. The first-order chi connectivity index (χ1) is 16.6. The fourth-order valence-electron chi connectivity index (χ4n) is 5.22. The maximum absolute atomic E-state index is 12.4. The van der Waals surface area contributed by atoms with Gasteiger partial charge >= 0.3 is 12.4 Å². The van der Waals surface area contributed by atoms with Gasteiger partial charge in [0.2, 0.25) is 0 Å². The molecule has 1 saturated heterocycles. The average Bonchev–Trinajstić information content (AvgIpc) is 3.45. The number of nitrogens with zero attached hydrogens (tertiary/aromatic N) is 5. The normalized spacial score (nSPS) is 22.1. The van der Waals surface area contributed by atoms with Crippen molar-refractivity contribution in [2.75, 3.05) is 18.0 Å². The number of aromatic nitrogens is 4. The molecule has 3 atom stereocenters. The lowest BCUT2D eigenvalue weighted by Gasteiger charge is -2.38. The molecular weight excluding hydrogens is 479 g/mol. The molecule has 2 aliphatic rings. The minimum atomic E-state index is -4.73. The molecule has 3 heterocycles. The Hall–Kier alpha value is -2.82. The largest absolute Gasteiger partial charge is 0.573 e. The number of ether oxygens (including phenoxy) is 2. The third-order valence-electron chi connectivity index (χ3n) is 6.77. The van der Waals surface area contributed by atoms with Crippen LogP contribution in [0.5, 0.6) is 17.5 Å². The van der Waals surface area contributed by atoms with Crippen molar-refractivity contribution < 1.29 is 22.6 Å². The van der Waals surface area contributed by atoms with Crippen LogP contribution in [0.25, 0.3) is 0 Å². The molecule has 1 unspecified atom stereocenters. The Bertz CT molecular complexity index is 1150. The molecule has 1 aliphatic heterocycles. The van der Waals surface area contributed by atoms with Gasteiger partial charge in [0.1, 0.15) is 16.5 Å². The number of hydrogen-bond acceptors (Lipinski definition) is 7. The molecule has 1 aromatic carbocycles. The van der Waals surface area contributed by atoms with Gasteiger partial charge in [-0.3, -0.25) is 0 Å². The average molecular weight is 508 g/mol. The number of alkyl halides is 3. The SMILES string of the molecule is Cc1cc(N2C[C@H]3CC[C@@H](C2)C3Cc2nc(Oc3ccc(OC(F)(F)F)cc3)n(C(C)C)n2)sn1. The van der Waals surface area contributed by atoms with Gasteiger partial charge in [-0.15, -0.1) is 13.2 Å². The summed E-state index contributed by atoms with van der Waals surface area (Å²) in [4.78, 5) is 7.15. The monoisotopic (exact) mass is 507 g/mol. The minimum absolute atomic E-state index is 0.0206. The van der Waals surface area contributed by atoms with Gasteiger partial charge in [0.25, 0.3) is 0 Å². The third kappa shape index (κ3) is 5.39. The van der Waals surface area contributed by atoms with Gasteiger partial charge in [-0.25, -0.2) is 4.68 Å². The van der Waals surface area contributed by atoms with E-state index in [1.54, 1.807) is 16.2 Å². The number of fused-ring (bicyclic) bond motifs is 2. The summed E-state index contributed by atoms with van der Waals surface area (Å²) in [6, 6.07) is 7.82. The number of piperidine rings is 1. The van der Waals surface area contributed by atoms with Gasteiger partial charge in [0, 0.05) is 19.5 Å². The summed E-state index contributed by atoms with van der Waals surface area (Å²) in [5.74, 6) is 2.52. The zero-order chi connectivity index (χ0) is 24.7. The number of halogens is 3. The minimum Gasteiger partial charge on any atom is -0.424 e. The number of hydrogen-bond donors (Lipinski definition) is 0. The number of rotatable bonds is 7. The molecule has 0 spiro atoms. The van der Waals surface area contributed by atoms with E-state index >= 15 is 0 Å². The maximum Gasteiger partial charge on any atom is 0.573 e. The molecule has 0 amide bonds. The van der Waals surface area contributed by atoms with E-state index < -0.39 is 6.36 Å². The van der Waals surface area contributed by atoms with Crippen molar-refractivity contribution in [2.24, 2.45) is 17.8 Å². The van der Waals surface area contributed by atoms with Gasteiger partial charge in [0.05, 0.1) is 11.7 Å². The third-order valence-corrected chi connectivity index (χ3v) is 7.72. The molecule has 188 valence electrons. The first-order valence-electron chi connectivity index (χ1n) is 11.8. The van der Waals surface area contributed by atoms with Crippen molar-refractivity contribution in [3.05, 3.63) is 41.9 Å². The van der Waals surface area contributed by atoms with E-state index in [0.29, 0.717) is 29.5 Å². The molecule has 1 saturated carbocycles. The van der Waals surface area contributed by atoms with E-state index in [9.17, 15) is 13.2 Å². The topological polar surface area (TPSA) is 65.3 Å². The quantitative estimate of drug-likeness (QED) is 0.390. The lowest BCUT2D eigenvalue weighted by atomic mass is 9.82. The zero-order valence-electron chi connectivity index (χ0n) is 19.8. The van der Waals surface area contributed by atoms with Crippen molar-refractivity contribution in [1.82, 2.24) is 19.1 Å². The van der Waals surface area contributed by atoms with E-state index in [1.165, 1.54) is 42.1 Å². The Morgan fingerprint density at radius 1 is 1.09 bits per heavy atom. The van der Waals surface area contributed by atoms with Crippen LogP contribution in [0.4, 0.5) is 18.2 Å². The fraction of sp³-hybridized carbons (Fsp3) is 0.542. The van der Waals surface area contributed by atoms with Crippen molar-refractivity contribution in [3.63, 3.8) is 0 Å². The van der Waals surface area contributed by atoms with Gasteiger partial charge in [-0.1, -0.05) is 0 Å². The summed E-state index contributed by atoms with van der Waals surface area (Å²) < 4.78 is 53.2. The van der Waals surface area contributed by atoms with Crippen molar-refractivity contribution in [1.29, 1.82) is 0 Å². The van der Waals surface area contributed by atoms with Crippen LogP contribution in [0, 0.1) is 24.7 Å². The highest BCUT2D eigenvalue weighted by Gasteiger charge is 2.43. The van der Waals surface area contributed by atoms with Crippen molar-refractivity contribution in [2.45, 2.75) is 52.4 Å². The second kappa shape index (κ2) is 9.33. The summed E-state index contributed by atoms with van der Waals surface area (Å²) in [7, 11) is 0. The number of aryl methyl sites for hydroxylation is 1. The molecule has 11 heteroatoms. The van der Waals surface area contributed by atoms with Crippen molar-refractivity contribution >= 4 is 16.5 Å². The predicted octanol–water partition coefficient (Wildman–Crippen LogP) is 6.02. The first kappa shape index (κ1) is 23.9. The second-order valence-electron chi connectivity index (χ2n) is 9.65. The van der Waals surface area contributed by atoms with E-state index in [1.807, 2.05) is 20.8 Å². The van der Waals surface area contributed by atoms with E-state index in [0.717, 1.165) is 31.0 Å². The molecule has 0 N–H and O–H groups in total. The molecule has 2 bridgehead atoms. The van der Waals surface area contributed by atoms with Gasteiger partial charge in [-0.2, -0.15) is 14.5 Å². The van der Waals surface area contributed by atoms with Crippen LogP contribution in [0.3, 0.4) is 0 Å². The zero-order valence-corrected chi connectivity index (χ0v) is 20.6. The van der Waals surface area contributed by atoms with Gasteiger partial charge in [-0.05, 0) is 93.2 Å². The van der Waals surface area contributed by atoms with E-state index in [4.69, 9.17) is 9.84 Å². The van der Waals surface area contributed by atoms with Crippen LogP contribution in [-0.2, 0) is 6.42 Å². The molecule has 2 fully saturated rings. The molecule has 2 aromatic heterocycles. The highest BCUT2D eigenvalue weighted by atomic mass is 32.1. The standard InChI is InChI=1S/C24H28F3N5O2S/c1-14(2)32-23(33-18-6-8-19(9-7-18)34-24(25,26)27)28-21(29-32)11-20-16-4-5-17(20)13-31(12-16)22-10-15(3)30-35-22/h6-10,14,16-17,20H,4-5,11-13H2,1-3H3/t16-,17+,20?. The summed E-state index contributed by atoms with van der Waals surface area (Å²) in [5.41, 5.74) is 1.07. The number of benzene rings is 1. The number of anilines is 1. The van der Waals surface area contributed by atoms with Gasteiger partial charge in [0.15, 0.2) is 5.82 Å². The highest BCUT2D eigenvalue weighted by Crippen LogP contribution is 2.45. The van der Waals surface area contributed by atoms with Gasteiger partial charge < -0.3 is 14.4 Å². The molecule has 5 rings (SSSR count). The first-order valence-corrected chi connectivity index (χ1v) is 12.6. The molecule has 3 aromatic rings. The Morgan fingerprint density at radius 2 is 1.74 bits per heavy atom. The molecule has 1 aliphatic carbocycles. The molecule has 0 radical (unpaired) electrons.